The highest BCUT2D eigenvalue weighted by Crippen LogP contribution is 2.32. The molecule has 3 aromatic heterocycles. The van der Waals surface area contributed by atoms with E-state index in [2.05, 4.69) is 30.8 Å². The first-order valence-electron chi connectivity index (χ1n) is 9.48. The van der Waals surface area contributed by atoms with Gasteiger partial charge in [0, 0.05) is 18.1 Å². The van der Waals surface area contributed by atoms with Gasteiger partial charge in [0.25, 0.3) is 0 Å². The van der Waals surface area contributed by atoms with E-state index in [-0.39, 0.29) is 6.10 Å². The van der Waals surface area contributed by atoms with Crippen LogP contribution in [0.2, 0.25) is 5.02 Å². The summed E-state index contributed by atoms with van der Waals surface area (Å²) < 4.78 is 5.55. The highest BCUT2D eigenvalue weighted by molar-refractivity contribution is 6.32. The van der Waals surface area contributed by atoms with Gasteiger partial charge < -0.3 is 15.4 Å². The van der Waals surface area contributed by atoms with Gasteiger partial charge in [-0.05, 0) is 32.0 Å². The number of amides is 2. The van der Waals surface area contributed by atoms with Crippen molar-refractivity contribution in [1.29, 1.82) is 0 Å². The van der Waals surface area contributed by atoms with Gasteiger partial charge in [0.1, 0.15) is 0 Å². The molecule has 0 saturated heterocycles. The minimum Gasteiger partial charge on any atom is -0.377 e. The molecule has 0 radical (unpaired) electrons. The summed E-state index contributed by atoms with van der Waals surface area (Å²) in [5.41, 5.74) is 3.75. The lowest BCUT2D eigenvalue weighted by molar-refractivity contribution is 0.121. The van der Waals surface area contributed by atoms with Crippen molar-refractivity contribution in [1.82, 2.24) is 25.0 Å². The minimum atomic E-state index is -0.457. The Morgan fingerprint density at radius 2 is 1.90 bits per heavy atom. The van der Waals surface area contributed by atoms with Crippen LogP contribution in [0.4, 0.5) is 16.2 Å². The Morgan fingerprint density at radius 1 is 1.13 bits per heavy atom. The molecule has 3 heterocycles. The van der Waals surface area contributed by atoms with Crippen LogP contribution in [-0.2, 0) is 4.74 Å². The molecule has 2 N–H and O–H groups in total. The molecule has 10 heteroatoms. The summed E-state index contributed by atoms with van der Waals surface area (Å²) in [6, 6.07) is 7.09. The third-order valence-corrected chi connectivity index (χ3v) is 5.04. The topological polar surface area (TPSA) is 107 Å². The van der Waals surface area contributed by atoms with Crippen LogP contribution >= 0.6 is 11.6 Å². The van der Waals surface area contributed by atoms with Crippen LogP contribution in [0.5, 0.6) is 0 Å². The standard InChI is InChI=1S/C21H20ClN7O2/c1-12-4-5-17-15(8-12)19(13(2)31-3)18(11-23-17)28-21(30)27-14-9-16(22)20(24-10-14)29-25-6-7-26-29/h4-11,13H,1-3H3,(H2,27,28,30). The molecule has 4 rings (SSSR count). The van der Waals surface area contributed by atoms with Crippen molar-refractivity contribution in [3.05, 3.63) is 65.2 Å². The SMILES string of the molecule is COC(C)c1c(NC(=O)Nc2cnc(-n3nccn3)c(Cl)c2)cnc2ccc(C)cc12. The highest BCUT2D eigenvalue weighted by atomic mass is 35.5. The van der Waals surface area contributed by atoms with E-state index in [1.807, 2.05) is 32.0 Å². The maximum Gasteiger partial charge on any atom is 0.323 e. The number of hydrogen-bond acceptors (Lipinski definition) is 6. The van der Waals surface area contributed by atoms with Crippen LogP contribution in [0.25, 0.3) is 16.7 Å². The van der Waals surface area contributed by atoms with E-state index in [0.717, 1.165) is 22.0 Å². The number of pyridine rings is 2. The van der Waals surface area contributed by atoms with Gasteiger partial charge in [-0.1, -0.05) is 23.2 Å². The van der Waals surface area contributed by atoms with Crippen molar-refractivity contribution < 1.29 is 9.53 Å². The number of anilines is 2. The number of urea groups is 1. The summed E-state index contributed by atoms with van der Waals surface area (Å²) in [6.45, 7) is 3.93. The lowest BCUT2D eigenvalue weighted by Gasteiger charge is -2.19. The summed E-state index contributed by atoms with van der Waals surface area (Å²) in [5, 5.41) is 14.8. The number of carbonyl (C=O) groups excluding carboxylic acids is 1. The van der Waals surface area contributed by atoms with Crippen LogP contribution in [0.1, 0.15) is 24.2 Å². The Labute approximate surface area is 183 Å². The van der Waals surface area contributed by atoms with Crippen molar-refractivity contribution in [2.24, 2.45) is 0 Å². The van der Waals surface area contributed by atoms with Crippen LogP contribution in [0.3, 0.4) is 0 Å². The molecule has 0 spiro atoms. The number of aryl methyl sites for hydroxylation is 1. The third-order valence-electron chi connectivity index (χ3n) is 4.76. The fourth-order valence-corrected chi connectivity index (χ4v) is 3.48. The maximum absolute atomic E-state index is 12.7. The second-order valence-electron chi connectivity index (χ2n) is 6.91. The van der Waals surface area contributed by atoms with Gasteiger partial charge in [-0.2, -0.15) is 10.2 Å². The number of halogens is 1. The molecule has 9 nitrogen and oxygen atoms in total. The van der Waals surface area contributed by atoms with Crippen LogP contribution < -0.4 is 10.6 Å². The molecule has 0 saturated carbocycles. The molecule has 158 valence electrons. The molecule has 0 bridgehead atoms. The van der Waals surface area contributed by atoms with E-state index in [1.165, 1.54) is 23.4 Å². The lowest BCUT2D eigenvalue weighted by Crippen LogP contribution is -2.21. The molecular weight excluding hydrogens is 418 g/mol. The number of aromatic nitrogens is 5. The summed E-state index contributed by atoms with van der Waals surface area (Å²) in [4.78, 5) is 22.7. The molecule has 4 aromatic rings. The van der Waals surface area contributed by atoms with Gasteiger partial charge in [-0.15, -0.1) is 4.80 Å². The van der Waals surface area contributed by atoms with E-state index in [4.69, 9.17) is 16.3 Å². The predicted octanol–water partition coefficient (Wildman–Crippen LogP) is 4.52. The van der Waals surface area contributed by atoms with Gasteiger partial charge in [0.2, 0.25) is 0 Å². The van der Waals surface area contributed by atoms with Crippen molar-refractivity contribution in [2.45, 2.75) is 20.0 Å². The highest BCUT2D eigenvalue weighted by Gasteiger charge is 2.18. The number of nitrogens with one attached hydrogen (secondary N) is 2. The number of hydrogen-bond donors (Lipinski definition) is 2. The first-order valence-corrected chi connectivity index (χ1v) is 9.86. The summed E-state index contributed by atoms with van der Waals surface area (Å²) in [7, 11) is 1.63. The fraction of sp³-hybridized carbons (Fsp3) is 0.190. The second-order valence-corrected chi connectivity index (χ2v) is 7.32. The van der Waals surface area contributed by atoms with Gasteiger partial charge in [-0.25, -0.2) is 9.78 Å². The van der Waals surface area contributed by atoms with Gasteiger partial charge in [0.05, 0.1) is 52.8 Å². The first kappa shape index (κ1) is 20.7. The Bertz CT molecular complexity index is 1240. The Morgan fingerprint density at radius 3 is 2.61 bits per heavy atom. The van der Waals surface area contributed by atoms with Crippen LogP contribution in [0, 0.1) is 6.92 Å². The first-order chi connectivity index (χ1) is 15.0. The number of benzene rings is 1. The van der Waals surface area contributed by atoms with Gasteiger partial charge >= 0.3 is 6.03 Å². The second kappa shape index (κ2) is 8.66. The Hall–Kier alpha value is -3.56. The number of nitrogens with zero attached hydrogens (tertiary/aromatic N) is 5. The molecule has 1 aromatic carbocycles. The monoisotopic (exact) mass is 437 g/mol. The maximum atomic E-state index is 12.7. The zero-order chi connectivity index (χ0) is 22.0. The predicted molar refractivity (Wildman–Crippen MR) is 119 cm³/mol. The summed E-state index contributed by atoms with van der Waals surface area (Å²) in [6.07, 6.45) is 5.90. The number of rotatable bonds is 5. The van der Waals surface area contributed by atoms with Gasteiger partial charge in [0.15, 0.2) is 5.82 Å². The zero-order valence-corrected chi connectivity index (χ0v) is 17.9. The molecule has 0 aliphatic rings. The van der Waals surface area contributed by atoms with E-state index in [9.17, 15) is 4.79 Å². The number of carbonyl (C=O) groups is 1. The zero-order valence-electron chi connectivity index (χ0n) is 17.1. The number of ether oxygens (including phenoxy) is 1. The van der Waals surface area contributed by atoms with Crippen molar-refractivity contribution in [3.8, 4) is 5.82 Å². The molecule has 0 fully saturated rings. The van der Waals surface area contributed by atoms with E-state index < -0.39 is 6.03 Å². The average molecular weight is 438 g/mol. The Balaban J connectivity index is 1.59. The molecular formula is C21H20ClN7O2. The fourth-order valence-electron chi connectivity index (χ4n) is 3.24. The molecule has 1 unspecified atom stereocenters. The molecule has 0 aliphatic carbocycles. The molecule has 0 aliphatic heterocycles. The smallest absolute Gasteiger partial charge is 0.323 e. The minimum absolute atomic E-state index is 0.250. The van der Waals surface area contributed by atoms with Crippen molar-refractivity contribution in [2.75, 3.05) is 17.7 Å². The summed E-state index contributed by atoms with van der Waals surface area (Å²) >= 11 is 6.27. The lowest BCUT2D eigenvalue weighted by atomic mass is 10.0. The molecule has 2 amide bonds. The van der Waals surface area contributed by atoms with Crippen molar-refractivity contribution in [3.63, 3.8) is 0 Å². The largest absolute Gasteiger partial charge is 0.377 e. The van der Waals surface area contributed by atoms with Crippen LogP contribution in [0.15, 0.2) is 49.1 Å². The van der Waals surface area contributed by atoms with E-state index >= 15 is 0 Å². The summed E-state index contributed by atoms with van der Waals surface area (Å²) in [5.74, 6) is 0.364. The number of methoxy groups -OCH3 is 1. The quantitative estimate of drug-likeness (QED) is 0.475. The van der Waals surface area contributed by atoms with Crippen LogP contribution in [-0.4, -0.2) is 38.1 Å². The van der Waals surface area contributed by atoms with E-state index in [1.54, 1.807) is 19.4 Å². The molecule has 1 atom stereocenters. The van der Waals surface area contributed by atoms with Gasteiger partial charge in [-0.3, -0.25) is 4.98 Å². The average Bonchev–Trinajstić information content (AvgIpc) is 3.27. The number of fused-ring (bicyclic) bond motifs is 1. The molecule has 31 heavy (non-hydrogen) atoms. The normalized spacial score (nSPS) is 12.0. The third kappa shape index (κ3) is 4.32. The Kier molecular flexibility index (Phi) is 5.79. The van der Waals surface area contributed by atoms with Crippen molar-refractivity contribution >= 4 is 39.9 Å². The van der Waals surface area contributed by atoms with E-state index in [0.29, 0.717) is 22.2 Å².